The van der Waals surface area contributed by atoms with Crippen LogP contribution in [0.2, 0.25) is 0 Å². The normalized spacial score (nSPS) is 10.6. The Morgan fingerprint density at radius 2 is 1.96 bits per heavy atom. The molecule has 122 valence electrons. The Kier molecular flexibility index (Phi) is 4.96. The fraction of sp³-hybridized carbons (Fsp3) is 0.222. The van der Waals surface area contributed by atoms with Crippen molar-refractivity contribution in [3.8, 4) is 10.8 Å². The number of aromatic nitrogens is 3. The monoisotopic (exact) mass is 338 g/mol. The molecule has 0 radical (unpaired) electrons. The third-order valence-corrected chi connectivity index (χ3v) is 4.54. The number of hydrogen-bond acceptors (Lipinski definition) is 5. The van der Waals surface area contributed by atoms with Crippen LogP contribution in [-0.4, -0.2) is 20.9 Å². The fourth-order valence-corrected chi connectivity index (χ4v) is 3.09. The molecule has 0 saturated heterocycles. The molecule has 0 unspecified atom stereocenters. The Labute approximate surface area is 144 Å². The molecule has 0 aliphatic rings. The molecule has 1 amide bonds. The summed E-state index contributed by atoms with van der Waals surface area (Å²) in [5.74, 6) is 0.320. The minimum absolute atomic E-state index is 0.212. The number of hydrogen-bond donors (Lipinski definition) is 1. The number of rotatable bonds is 5. The van der Waals surface area contributed by atoms with Gasteiger partial charge in [0.05, 0.1) is 0 Å². The molecule has 1 N–H and O–H groups in total. The van der Waals surface area contributed by atoms with E-state index in [2.05, 4.69) is 46.2 Å². The van der Waals surface area contributed by atoms with E-state index >= 15 is 0 Å². The van der Waals surface area contributed by atoms with E-state index in [0.29, 0.717) is 16.5 Å². The Hall–Kier alpha value is -2.60. The van der Waals surface area contributed by atoms with Crippen molar-refractivity contribution in [3.63, 3.8) is 0 Å². The number of carbonyl (C=O) groups is 1. The number of nitrogens with zero attached hydrogens (tertiary/aromatic N) is 3. The summed E-state index contributed by atoms with van der Waals surface area (Å²) < 4.78 is 0. The third kappa shape index (κ3) is 3.49. The van der Waals surface area contributed by atoms with Crippen LogP contribution in [0.3, 0.4) is 0 Å². The zero-order valence-electron chi connectivity index (χ0n) is 13.6. The van der Waals surface area contributed by atoms with Crippen LogP contribution in [-0.2, 0) is 12.8 Å². The van der Waals surface area contributed by atoms with Gasteiger partial charge in [-0.2, -0.15) is 0 Å². The highest BCUT2D eigenvalue weighted by Gasteiger charge is 2.14. The maximum absolute atomic E-state index is 12.5. The molecule has 3 aromatic rings. The second-order valence-electron chi connectivity index (χ2n) is 5.26. The van der Waals surface area contributed by atoms with E-state index in [9.17, 15) is 4.79 Å². The number of anilines is 1. The second kappa shape index (κ2) is 7.31. The highest BCUT2D eigenvalue weighted by atomic mass is 32.1. The van der Waals surface area contributed by atoms with Crippen molar-refractivity contribution in [2.24, 2.45) is 0 Å². The van der Waals surface area contributed by atoms with Gasteiger partial charge in [-0.3, -0.25) is 4.79 Å². The molecule has 0 fully saturated rings. The van der Waals surface area contributed by atoms with E-state index in [1.165, 1.54) is 16.9 Å². The van der Waals surface area contributed by atoms with Crippen molar-refractivity contribution in [1.82, 2.24) is 15.0 Å². The quantitative estimate of drug-likeness (QED) is 0.764. The first kappa shape index (κ1) is 16.3. The second-order valence-corrected chi connectivity index (χ2v) is 6.12. The Morgan fingerprint density at radius 1 is 1.17 bits per heavy atom. The SMILES string of the molecule is CCc1ccc(CC)c(NC(=O)c2csc(-c3ncccn3)n2)c1. The molecular formula is C18H18N4OS. The first-order valence-corrected chi connectivity index (χ1v) is 8.75. The van der Waals surface area contributed by atoms with Gasteiger partial charge in [-0.15, -0.1) is 11.3 Å². The Bertz CT molecular complexity index is 845. The van der Waals surface area contributed by atoms with Gasteiger partial charge in [-0.25, -0.2) is 15.0 Å². The maximum Gasteiger partial charge on any atom is 0.275 e. The standard InChI is InChI=1S/C18H18N4OS/c1-3-12-6-7-13(4-2)14(10-12)21-17(23)15-11-24-18(22-15)16-19-8-5-9-20-16/h5-11H,3-4H2,1-2H3,(H,21,23). The molecule has 0 atom stereocenters. The average molecular weight is 338 g/mol. The molecule has 6 heteroatoms. The summed E-state index contributed by atoms with van der Waals surface area (Å²) in [6, 6.07) is 7.95. The minimum Gasteiger partial charge on any atom is -0.320 e. The van der Waals surface area contributed by atoms with Gasteiger partial charge in [-0.1, -0.05) is 26.0 Å². The van der Waals surface area contributed by atoms with E-state index in [1.54, 1.807) is 23.8 Å². The molecule has 5 nitrogen and oxygen atoms in total. The Morgan fingerprint density at radius 3 is 2.67 bits per heavy atom. The predicted molar refractivity (Wildman–Crippen MR) is 96.3 cm³/mol. The largest absolute Gasteiger partial charge is 0.320 e. The first-order valence-electron chi connectivity index (χ1n) is 7.87. The van der Waals surface area contributed by atoms with E-state index in [0.717, 1.165) is 24.1 Å². The van der Waals surface area contributed by atoms with Crippen LogP contribution in [0.4, 0.5) is 5.69 Å². The molecule has 1 aromatic carbocycles. The van der Waals surface area contributed by atoms with Crippen molar-refractivity contribution in [2.75, 3.05) is 5.32 Å². The molecule has 0 aliphatic carbocycles. The molecule has 2 aromatic heterocycles. The third-order valence-electron chi connectivity index (χ3n) is 3.71. The Balaban J connectivity index is 1.82. The van der Waals surface area contributed by atoms with Crippen molar-refractivity contribution >= 4 is 22.9 Å². The number of carbonyl (C=O) groups excluding carboxylic acids is 1. The zero-order valence-corrected chi connectivity index (χ0v) is 14.4. The van der Waals surface area contributed by atoms with Gasteiger partial charge in [0.15, 0.2) is 10.8 Å². The lowest BCUT2D eigenvalue weighted by Gasteiger charge is -2.10. The molecule has 0 aliphatic heterocycles. The summed E-state index contributed by atoms with van der Waals surface area (Å²) >= 11 is 1.36. The maximum atomic E-state index is 12.5. The lowest BCUT2D eigenvalue weighted by molar-refractivity contribution is 0.102. The van der Waals surface area contributed by atoms with Gasteiger partial charge in [0, 0.05) is 23.5 Å². The summed E-state index contributed by atoms with van der Waals surface area (Å²) in [6.45, 7) is 4.17. The van der Waals surface area contributed by atoms with Gasteiger partial charge in [0.2, 0.25) is 0 Å². The number of amides is 1. The number of aryl methyl sites for hydroxylation is 2. The topological polar surface area (TPSA) is 67.8 Å². The summed E-state index contributed by atoms with van der Waals surface area (Å²) in [5.41, 5.74) is 3.54. The first-order chi connectivity index (χ1) is 11.7. The molecule has 2 heterocycles. The van der Waals surface area contributed by atoms with Gasteiger partial charge < -0.3 is 5.32 Å². The molecular weight excluding hydrogens is 320 g/mol. The van der Waals surface area contributed by atoms with E-state index < -0.39 is 0 Å². The minimum atomic E-state index is -0.212. The molecule has 0 bridgehead atoms. The number of benzene rings is 1. The summed E-state index contributed by atoms with van der Waals surface area (Å²) in [7, 11) is 0. The fourth-order valence-electron chi connectivity index (χ4n) is 2.34. The van der Waals surface area contributed by atoms with Crippen LogP contribution in [0.15, 0.2) is 42.0 Å². The van der Waals surface area contributed by atoms with Crippen molar-refractivity contribution < 1.29 is 4.79 Å². The summed E-state index contributed by atoms with van der Waals surface area (Å²) in [5, 5.41) is 5.35. The van der Waals surface area contributed by atoms with Gasteiger partial charge in [0.25, 0.3) is 5.91 Å². The molecule has 3 rings (SSSR count). The molecule has 24 heavy (non-hydrogen) atoms. The van der Waals surface area contributed by atoms with Crippen molar-refractivity contribution in [2.45, 2.75) is 26.7 Å². The van der Waals surface area contributed by atoms with E-state index in [-0.39, 0.29) is 5.91 Å². The van der Waals surface area contributed by atoms with Crippen molar-refractivity contribution in [1.29, 1.82) is 0 Å². The van der Waals surface area contributed by atoms with Crippen LogP contribution in [0.5, 0.6) is 0 Å². The van der Waals surface area contributed by atoms with Crippen LogP contribution < -0.4 is 5.32 Å². The van der Waals surface area contributed by atoms with Crippen LogP contribution in [0, 0.1) is 0 Å². The van der Waals surface area contributed by atoms with E-state index in [4.69, 9.17) is 0 Å². The number of nitrogens with one attached hydrogen (secondary N) is 1. The van der Waals surface area contributed by atoms with Crippen LogP contribution >= 0.6 is 11.3 Å². The lowest BCUT2D eigenvalue weighted by Crippen LogP contribution is -2.14. The smallest absolute Gasteiger partial charge is 0.275 e. The van der Waals surface area contributed by atoms with Crippen LogP contribution in [0.25, 0.3) is 10.8 Å². The van der Waals surface area contributed by atoms with Gasteiger partial charge in [0.1, 0.15) is 5.69 Å². The zero-order chi connectivity index (χ0) is 16.9. The lowest BCUT2D eigenvalue weighted by atomic mass is 10.1. The van der Waals surface area contributed by atoms with Crippen LogP contribution in [0.1, 0.15) is 35.5 Å². The van der Waals surface area contributed by atoms with Gasteiger partial charge >= 0.3 is 0 Å². The van der Waals surface area contributed by atoms with Gasteiger partial charge in [-0.05, 0) is 36.1 Å². The highest BCUT2D eigenvalue weighted by molar-refractivity contribution is 7.13. The van der Waals surface area contributed by atoms with Crippen molar-refractivity contribution in [3.05, 3.63) is 58.9 Å². The highest BCUT2D eigenvalue weighted by Crippen LogP contribution is 2.22. The predicted octanol–water partition coefficient (Wildman–Crippen LogP) is 3.98. The summed E-state index contributed by atoms with van der Waals surface area (Å²) in [4.78, 5) is 25.2. The average Bonchev–Trinajstić information content (AvgIpc) is 3.12. The summed E-state index contributed by atoms with van der Waals surface area (Å²) in [6.07, 6.45) is 5.11. The molecule has 0 saturated carbocycles. The number of thiazole rings is 1. The van der Waals surface area contributed by atoms with E-state index in [1.807, 2.05) is 6.07 Å². The molecule has 0 spiro atoms.